The predicted molar refractivity (Wildman–Crippen MR) is 97.5 cm³/mol. The quantitative estimate of drug-likeness (QED) is 0.547. The van der Waals surface area contributed by atoms with E-state index >= 15 is 0 Å². The van der Waals surface area contributed by atoms with Crippen LogP contribution in [0.15, 0.2) is 41.2 Å². The van der Waals surface area contributed by atoms with Crippen molar-refractivity contribution >= 4 is 17.5 Å². The Bertz CT molecular complexity index is 1230. The Balaban J connectivity index is 1.94. The Morgan fingerprint density at radius 1 is 1.09 bits per heavy atom. The van der Waals surface area contributed by atoms with Gasteiger partial charge in [0.2, 0.25) is 0 Å². The Morgan fingerprint density at radius 3 is 2.38 bits per heavy atom. The molecular formula is C18H10ClF7N4O2. The zero-order valence-corrected chi connectivity index (χ0v) is 16.2. The number of hydrogen-bond acceptors (Lipinski definition) is 3. The fourth-order valence-corrected chi connectivity index (χ4v) is 2.82. The summed E-state index contributed by atoms with van der Waals surface area (Å²) >= 11 is 6.04. The highest BCUT2D eigenvalue weighted by atomic mass is 35.5. The molecule has 14 heteroatoms. The van der Waals surface area contributed by atoms with Gasteiger partial charge in [0.05, 0.1) is 10.6 Å². The van der Waals surface area contributed by atoms with Crippen LogP contribution in [-0.4, -0.2) is 26.8 Å². The monoisotopic (exact) mass is 482 g/mol. The number of H-pyrrole nitrogens is 1. The number of alkyl halides is 6. The van der Waals surface area contributed by atoms with Crippen molar-refractivity contribution in [2.75, 3.05) is 0 Å². The fourth-order valence-electron chi connectivity index (χ4n) is 2.61. The molecule has 2 aromatic carbocycles. The van der Waals surface area contributed by atoms with Gasteiger partial charge in [-0.1, -0.05) is 17.7 Å². The van der Waals surface area contributed by atoms with E-state index in [2.05, 4.69) is 10.1 Å². The Hall–Kier alpha value is -3.35. The molecule has 6 nitrogen and oxygen atoms in total. The topological polar surface area (TPSA) is 79.8 Å². The first-order valence-corrected chi connectivity index (χ1v) is 8.85. The highest BCUT2D eigenvalue weighted by Crippen LogP contribution is 2.31. The molecule has 0 spiro atoms. The molecule has 0 atom stereocenters. The molecule has 170 valence electrons. The molecule has 2 N–H and O–H groups in total. The molecule has 0 aliphatic carbocycles. The fraction of sp³-hybridized carbons (Fsp3) is 0.167. The Morgan fingerprint density at radius 2 is 1.78 bits per heavy atom. The van der Waals surface area contributed by atoms with Gasteiger partial charge in [-0.2, -0.15) is 31.0 Å². The average molecular weight is 483 g/mol. The van der Waals surface area contributed by atoms with Crippen molar-refractivity contribution in [2.24, 2.45) is 0 Å². The lowest BCUT2D eigenvalue weighted by atomic mass is 10.1. The van der Waals surface area contributed by atoms with Crippen LogP contribution in [0.1, 0.15) is 11.1 Å². The van der Waals surface area contributed by atoms with E-state index in [9.17, 15) is 40.3 Å². The lowest BCUT2D eigenvalue weighted by Crippen LogP contribution is -2.36. The summed E-state index contributed by atoms with van der Waals surface area (Å²) in [5.41, 5.74) is -2.66. The minimum atomic E-state index is -5.08. The Kier molecular flexibility index (Phi) is 6.05. The number of nitrogens with zero attached hydrogens (tertiary/aromatic N) is 2. The molecule has 32 heavy (non-hydrogen) atoms. The van der Waals surface area contributed by atoms with Crippen molar-refractivity contribution in [3.8, 4) is 17.1 Å². The second-order valence-corrected chi connectivity index (χ2v) is 6.76. The highest BCUT2D eigenvalue weighted by molar-refractivity contribution is 6.33. The summed E-state index contributed by atoms with van der Waals surface area (Å²) in [5, 5.41) is 5.48. The minimum absolute atomic E-state index is 0.00434. The molecule has 1 aromatic heterocycles. The van der Waals surface area contributed by atoms with Crippen molar-refractivity contribution < 1.29 is 35.5 Å². The van der Waals surface area contributed by atoms with Crippen LogP contribution < -0.4 is 11.0 Å². The van der Waals surface area contributed by atoms with E-state index in [0.717, 1.165) is 6.07 Å². The van der Waals surface area contributed by atoms with E-state index in [-0.39, 0.29) is 28.0 Å². The molecule has 0 saturated heterocycles. The molecular weight excluding hydrogens is 473 g/mol. The lowest BCUT2D eigenvalue weighted by Gasteiger charge is -2.09. The van der Waals surface area contributed by atoms with Gasteiger partial charge in [-0.3, -0.25) is 9.78 Å². The van der Waals surface area contributed by atoms with Crippen LogP contribution in [0.5, 0.6) is 0 Å². The van der Waals surface area contributed by atoms with E-state index in [0.29, 0.717) is 10.7 Å². The van der Waals surface area contributed by atoms with Gasteiger partial charge < -0.3 is 5.32 Å². The third kappa shape index (κ3) is 4.93. The van der Waals surface area contributed by atoms with Gasteiger partial charge in [-0.25, -0.2) is 9.18 Å². The molecule has 0 fully saturated rings. The molecule has 0 bridgehead atoms. The maximum absolute atomic E-state index is 14.2. The largest absolute Gasteiger partial charge is 0.471 e. The smallest absolute Gasteiger partial charge is 0.344 e. The molecule has 0 unspecified atom stereocenters. The van der Waals surface area contributed by atoms with E-state index in [1.165, 1.54) is 18.2 Å². The van der Waals surface area contributed by atoms with Crippen LogP contribution in [0.2, 0.25) is 5.02 Å². The number of amides is 1. The molecule has 3 aromatic rings. The van der Waals surface area contributed by atoms with E-state index in [4.69, 9.17) is 11.6 Å². The number of hydrogen-bond donors (Lipinski definition) is 2. The summed E-state index contributed by atoms with van der Waals surface area (Å²) in [6.07, 6.45) is -9.87. The van der Waals surface area contributed by atoms with E-state index in [1.807, 2.05) is 0 Å². The van der Waals surface area contributed by atoms with Gasteiger partial charge in [0, 0.05) is 12.1 Å². The number of rotatable bonds is 4. The van der Waals surface area contributed by atoms with Crippen LogP contribution in [-0.2, 0) is 17.5 Å². The summed E-state index contributed by atoms with van der Waals surface area (Å²) in [6.45, 7) is -0.527. The van der Waals surface area contributed by atoms with Gasteiger partial charge in [-0.15, -0.1) is 5.10 Å². The van der Waals surface area contributed by atoms with Crippen molar-refractivity contribution in [3.05, 3.63) is 68.8 Å². The van der Waals surface area contributed by atoms with Gasteiger partial charge in [0.15, 0.2) is 5.82 Å². The third-order valence-electron chi connectivity index (χ3n) is 4.12. The number of carbonyl (C=O) groups excluding carboxylic acids is 1. The average Bonchev–Trinajstić information content (AvgIpc) is 3.06. The maximum atomic E-state index is 14.2. The number of aromatic nitrogens is 3. The van der Waals surface area contributed by atoms with Crippen LogP contribution in [0.3, 0.4) is 0 Å². The van der Waals surface area contributed by atoms with E-state index < -0.39 is 47.6 Å². The van der Waals surface area contributed by atoms with Gasteiger partial charge in [0.25, 0.3) is 0 Å². The first kappa shape index (κ1) is 23.3. The normalized spacial score (nSPS) is 12.1. The second-order valence-electron chi connectivity index (χ2n) is 6.35. The molecule has 0 aliphatic heterocycles. The predicted octanol–water partition coefficient (Wildman–Crippen LogP) is 4.22. The maximum Gasteiger partial charge on any atom is 0.471 e. The summed E-state index contributed by atoms with van der Waals surface area (Å²) < 4.78 is 89.7. The van der Waals surface area contributed by atoms with Gasteiger partial charge in [-0.05, 0) is 35.9 Å². The Labute approximate surface area is 178 Å². The third-order valence-corrected chi connectivity index (χ3v) is 4.45. The first-order valence-electron chi connectivity index (χ1n) is 8.47. The number of aromatic amines is 1. The van der Waals surface area contributed by atoms with Crippen molar-refractivity contribution in [3.63, 3.8) is 0 Å². The molecule has 1 heterocycles. The molecule has 0 radical (unpaired) electrons. The minimum Gasteiger partial charge on any atom is -0.344 e. The zero-order chi connectivity index (χ0) is 23.8. The van der Waals surface area contributed by atoms with Crippen molar-refractivity contribution in [1.29, 1.82) is 0 Å². The molecule has 0 saturated carbocycles. The van der Waals surface area contributed by atoms with Gasteiger partial charge >= 0.3 is 23.9 Å². The number of benzene rings is 2. The van der Waals surface area contributed by atoms with Crippen molar-refractivity contribution in [1.82, 2.24) is 20.1 Å². The molecule has 3 rings (SSSR count). The SMILES string of the molecule is O=C(NCc1ccc(Cl)c(-c2nn(-c3ccc(C(F)(F)F)cc3F)c(=O)[nH]2)c1)C(F)(F)F. The second kappa shape index (κ2) is 8.30. The zero-order valence-electron chi connectivity index (χ0n) is 15.4. The van der Waals surface area contributed by atoms with Crippen LogP contribution in [0.25, 0.3) is 17.1 Å². The highest BCUT2D eigenvalue weighted by Gasteiger charge is 2.38. The van der Waals surface area contributed by atoms with E-state index in [1.54, 1.807) is 5.32 Å². The first-order chi connectivity index (χ1) is 14.8. The summed E-state index contributed by atoms with van der Waals surface area (Å²) in [6, 6.07) is 5.29. The number of carbonyl (C=O) groups is 1. The number of halogens is 8. The van der Waals surface area contributed by atoms with Crippen LogP contribution >= 0.6 is 11.6 Å². The lowest BCUT2D eigenvalue weighted by molar-refractivity contribution is -0.173. The molecule has 0 aliphatic rings. The number of nitrogens with one attached hydrogen (secondary N) is 2. The summed E-state index contributed by atoms with van der Waals surface area (Å²) in [5.74, 6) is -3.76. The van der Waals surface area contributed by atoms with Crippen molar-refractivity contribution in [2.45, 2.75) is 18.9 Å². The van der Waals surface area contributed by atoms with Crippen LogP contribution in [0.4, 0.5) is 30.7 Å². The summed E-state index contributed by atoms with van der Waals surface area (Å²) in [7, 11) is 0. The van der Waals surface area contributed by atoms with Gasteiger partial charge in [0.1, 0.15) is 11.5 Å². The van der Waals surface area contributed by atoms with Crippen LogP contribution in [0, 0.1) is 5.82 Å². The standard InChI is InChI=1S/C18H10ClF7N4O2/c19-11-3-1-8(7-27-15(31)18(24,25)26)5-10(11)14-28-16(32)30(29-14)13-4-2-9(6-12(13)20)17(21,22)23/h1-6H,7H2,(H,27,31)(H,28,29,32). The molecule has 1 amide bonds. The summed E-state index contributed by atoms with van der Waals surface area (Å²) in [4.78, 5) is 25.4.